The molecule has 1 amide bonds. The lowest BCUT2D eigenvalue weighted by Crippen LogP contribution is -2.49. The maximum Gasteiger partial charge on any atom is 0.217 e. The normalized spacial score (nSPS) is 19.0. The molecule has 6 nitrogen and oxygen atoms in total. The fraction of sp³-hybridized carbons (Fsp3) is 0.480. The third kappa shape index (κ3) is 6.13. The van der Waals surface area contributed by atoms with Crippen LogP contribution in [0.5, 0.6) is 0 Å². The monoisotopic (exact) mass is 420 g/mol. The molecule has 1 aliphatic rings. The number of amides is 1. The second kappa shape index (κ2) is 9.59. The van der Waals surface area contributed by atoms with E-state index in [0.29, 0.717) is 18.5 Å². The van der Waals surface area contributed by atoms with Crippen LogP contribution < -0.4 is 10.6 Å². The molecule has 1 aromatic heterocycles. The number of carbonyl (C=O) groups is 1. The second-order valence-corrected chi connectivity index (χ2v) is 9.45. The van der Waals surface area contributed by atoms with Crippen LogP contribution in [0.4, 0.5) is 0 Å². The van der Waals surface area contributed by atoms with Crippen molar-refractivity contribution in [1.82, 2.24) is 15.6 Å². The maximum atomic E-state index is 11.8. The van der Waals surface area contributed by atoms with E-state index in [0.717, 1.165) is 29.7 Å². The molecule has 1 aliphatic carbocycles. The van der Waals surface area contributed by atoms with E-state index >= 15 is 0 Å². The molecule has 0 aliphatic heterocycles. The lowest BCUT2D eigenvalue weighted by atomic mass is 9.73. The Kier molecular flexibility index (Phi) is 7.09. The van der Waals surface area contributed by atoms with Crippen molar-refractivity contribution in [2.75, 3.05) is 6.54 Å². The lowest BCUT2D eigenvalue weighted by molar-refractivity contribution is -0.120. The minimum Gasteiger partial charge on any atom is -0.390 e. The van der Waals surface area contributed by atoms with Gasteiger partial charge in [-0.25, -0.2) is 0 Å². The predicted octanol–water partition coefficient (Wildman–Crippen LogP) is 2.97. The number of aryl methyl sites for hydroxylation is 1. The van der Waals surface area contributed by atoms with Gasteiger partial charge in [0.15, 0.2) is 0 Å². The molecule has 0 saturated carbocycles. The average molecular weight is 421 g/mol. The van der Waals surface area contributed by atoms with Crippen molar-refractivity contribution in [1.29, 1.82) is 5.26 Å². The van der Waals surface area contributed by atoms with Crippen LogP contribution in [0.15, 0.2) is 36.5 Å². The standard InChI is InChI=1S/C25H32N4O2/c1-16-8-20-22(27-14-16)11-25(3,4)12-23(20)28-15-24(31)21(29-17(2)30)10-18-6-5-7-19(9-18)13-26/h5-9,14,21,23-24,28,31H,10-12,15H2,1-4H3,(H,29,30)/t21-,23-,24+/m0/s1. The van der Waals surface area contributed by atoms with Gasteiger partial charge in [-0.05, 0) is 60.4 Å². The quantitative estimate of drug-likeness (QED) is 0.640. The van der Waals surface area contributed by atoms with Gasteiger partial charge in [-0.1, -0.05) is 32.0 Å². The van der Waals surface area contributed by atoms with Crippen molar-refractivity contribution in [3.05, 3.63) is 64.5 Å². The number of nitriles is 1. The number of benzene rings is 1. The highest BCUT2D eigenvalue weighted by atomic mass is 16.3. The van der Waals surface area contributed by atoms with Gasteiger partial charge in [0.05, 0.1) is 23.8 Å². The molecule has 0 fully saturated rings. The molecule has 0 radical (unpaired) electrons. The Morgan fingerprint density at radius 2 is 2.16 bits per heavy atom. The van der Waals surface area contributed by atoms with Gasteiger partial charge in [-0.2, -0.15) is 5.26 Å². The van der Waals surface area contributed by atoms with Crippen molar-refractivity contribution in [3.63, 3.8) is 0 Å². The van der Waals surface area contributed by atoms with Crippen molar-refractivity contribution < 1.29 is 9.90 Å². The Balaban J connectivity index is 1.73. The first-order chi connectivity index (χ1) is 14.7. The summed E-state index contributed by atoms with van der Waals surface area (Å²) in [6.45, 7) is 8.32. The Morgan fingerprint density at radius 3 is 2.87 bits per heavy atom. The fourth-order valence-electron chi connectivity index (χ4n) is 4.41. The molecule has 164 valence electrons. The summed E-state index contributed by atoms with van der Waals surface area (Å²) >= 11 is 0. The Morgan fingerprint density at radius 1 is 1.39 bits per heavy atom. The summed E-state index contributed by atoms with van der Waals surface area (Å²) < 4.78 is 0. The number of aromatic nitrogens is 1. The van der Waals surface area contributed by atoms with E-state index in [1.807, 2.05) is 25.3 Å². The van der Waals surface area contributed by atoms with Crippen molar-refractivity contribution in [2.45, 2.75) is 65.1 Å². The second-order valence-electron chi connectivity index (χ2n) is 9.45. The molecule has 3 N–H and O–H groups in total. The number of rotatable bonds is 7. The Hall–Kier alpha value is -2.75. The summed E-state index contributed by atoms with van der Waals surface area (Å²) in [5.74, 6) is -0.190. The lowest BCUT2D eigenvalue weighted by Gasteiger charge is -2.37. The van der Waals surface area contributed by atoms with Crippen molar-refractivity contribution in [3.8, 4) is 6.07 Å². The van der Waals surface area contributed by atoms with Crippen LogP contribution in [-0.4, -0.2) is 34.7 Å². The Labute approximate surface area is 184 Å². The summed E-state index contributed by atoms with van der Waals surface area (Å²) in [5.41, 5.74) is 5.02. The van der Waals surface area contributed by atoms with Gasteiger partial charge in [0.1, 0.15) is 0 Å². The zero-order valence-corrected chi connectivity index (χ0v) is 18.8. The van der Waals surface area contributed by atoms with Crippen molar-refractivity contribution >= 4 is 5.91 Å². The van der Waals surface area contributed by atoms with Gasteiger partial charge >= 0.3 is 0 Å². The molecule has 3 rings (SSSR count). The molecule has 0 bridgehead atoms. The largest absolute Gasteiger partial charge is 0.390 e. The van der Waals surface area contributed by atoms with E-state index in [1.54, 1.807) is 12.1 Å². The third-order valence-corrected chi connectivity index (χ3v) is 5.86. The smallest absolute Gasteiger partial charge is 0.217 e. The summed E-state index contributed by atoms with van der Waals surface area (Å²) in [5, 5.41) is 26.5. The number of fused-ring (bicyclic) bond motifs is 1. The third-order valence-electron chi connectivity index (χ3n) is 5.86. The van der Waals surface area contributed by atoms with Gasteiger partial charge < -0.3 is 15.7 Å². The number of aliphatic hydroxyl groups excluding tert-OH is 1. The molecule has 0 spiro atoms. The van der Waals surface area contributed by atoms with Crippen LogP contribution >= 0.6 is 0 Å². The molecule has 0 unspecified atom stereocenters. The zero-order valence-electron chi connectivity index (χ0n) is 18.8. The number of hydrogen-bond donors (Lipinski definition) is 3. The SMILES string of the molecule is CC(=O)N[C@@H](Cc1cccc(C#N)c1)[C@H](O)CN[C@H]1CC(C)(C)Cc2ncc(C)cc21. The van der Waals surface area contributed by atoms with Crippen LogP contribution in [0.1, 0.15) is 61.2 Å². The van der Waals surface area contributed by atoms with Gasteiger partial charge in [-0.3, -0.25) is 9.78 Å². The number of carbonyl (C=O) groups excluding carboxylic acids is 1. The summed E-state index contributed by atoms with van der Waals surface area (Å²) in [6.07, 6.45) is 3.47. The first-order valence-corrected chi connectivity index (χ1v) is 10.8. The molecule has 1 aromatic carbocycles. The fourth-order valence-corrected chi connectivity index (χ4v) is 4.41. The Bertz CT molecular complexity index is 980. The number of nitrogens with one attached hydrogen (secondary N) is 2. The van der Waals surface area contributed by atoms with Crippen LogP contribution in [0.2, 0.25) is 0 Å². The summed E-state index contributed by atoms with van der Waals surface area (Å²) in [7, 11) is 0. The van der Waals surface area contributed by atoms with E-state index in [4.69, 9.17) is 5.26 Å². The molecular formula is C25H32N4O2. The van der Waals surface area contributed by atoms with E-state index in [-0.39, 0.29) is 17.4 Å². The van der Waals surface area contributed by atoms with Gasteiger partial charge in [0.25, 0.3) is 0 Å². The summed E-state index contributed by atoms with van der Waals surface area (Å²) in [6, 6.07) is 11.2. The number of pyridine rings is 1. The van der Waals surface area contributed by atoms with Gasteiger partial charge in [-0.15, -0.1) is 0 Å². The molecule has 1 heterocycles. The topological polar surface area (TPSA) is 98.0 Å². The van der Waals surface area contributed by atoms with E-state index in [2.05, 4.69) is 41.6 Å². The van der Waals surface area contributed by atoms with E-state index < -0.39 is 12.1 Å². The van der Waals surface area contributed by atoms with Crippen LogP contribution in [0.25, 0.3) is 0 Å². The number of hydrogen-bond acceptors (Lipinski definition) is 5. The van der Waals surface area contributed by atoms with Crippen LogP contribution in [0, 0.1) is 23.7 Å². The molecule has 31 heavy (non-hydrogen) atoms. The predicted molar refractivity (Wildman–Crippen MR) is 120 cm³/mol. The van der Waals surface area contributed by atoms with E-state index in [9.17, 15) is 9.90 Å². The minimum absolute atomic E-state index is 0.0979. The number of nitrogens with zero attached hydrogens (tertiary/aromatic N) is 2. The average Bonchev–Trinajstić information content (AvgIpc) is 2.71. The maximum absolute atomic E-state index is 11.8. The minimum atomic E-state index is -0.777. The molecular weight excluding hydrogens is 388 g/mol. The molecule has 6 heteroatoms. The van der Waals surface area contributed by atoms with Crippen LogP contribution in [-0.2, 0) is 17.6 Å². The van der Waals surface area contributed by atoms with Gasteiger partial charge in [0.2, 0.25) is 5.91 Å². The molecule has 3 atom stereocenters. The highest BCUT2D eigenvalue weighted by molar-refractivity contribution is 5.73. The molecule has 0 saturated heterocycles. The summed E-state index contributed by atoms with van der Waals surface area (Å²) in [4.78, 5) is 16.4. The first-order valence-electron chi connectivity index (χ1n) is 10.8. The number of aliphatic hydroxyl groups is 1. The van der Waals surface area contributed by atoms with Crippen molar-refractivity contribution in [2.24, 2.45) is 5.41 Å². The highest BCUT2D eigenvalue weighted by Crippen LogP contribution is 2.40. The zero-order chi connectivity index (χ0) is 22.6. The van der Waals surface area contributed by atoms with E-state index in [1.165, 1.54) is 12.5 Å². The molecule has 2 aromatic rings. The highest BCUT2D eigenvalue weighted by Gasteiger charge is 2.33. The first kappa shape index (κ1) is 22.9. The van der Waals surface area contributed by atoms with Gasteiger partial charge in [0, 0.05) is 31.4 Å². The van der Waals surface area contributed by atoms with Crippen LogP contribution in [0.3, 0.4) is 0 Å².